The van der Waals surface area contributed by atoms with E-state index < -0.39 is 0 Å². The molecule has 0 unspecified atom stereocenters. The van der Waals surface area contributed by atoms with Gasteiger partial charge in [0.1, 0.15) is 5.82 Å². The van der Waals surface area contributed by atoms with Crippen molar-refractivity contribution in [2.75, 3.05) is 11.9 Å². The predicted octanol–water partition coefficient (Wildman–Crippen LogP) is 2.07. The number of carbonyl (C=O) groups is 1. The number of urea groups is 1. The average molecular weight is 239 g/mol. The second kappa shape index (κ2) is 5.63. The molecular formula is C12H18FN3O. The monoisotopic (exact) mass is 239 g/mol. The van der Waals surface area contributed by atoms with Gasteiger partial charge in [-0.3, -0.25) is 0 Å². The number of hydrogen-bond donors (Lipinski definition) is 3. The number of rotatable bonds is 4. The standard InChI is InChI=1S/C12H18FN3O/c1-12(2,7-8-14)16-11(17)15-10-5-3-9(13)4-6-10/h3-6H,7-8,14H2,1-2H3,(H2,15,16,17). The molecular weight excluding hydrogens is 221 g/mol. The molecule has 5 heteroatoms. The Kier molecular flexibility index (Phi) is 4.45. The van der Waals surface area contributed by atoms with E-state index >= 15 is 0 Å². The Bertz CT molecular complexity index is 376. The highest BCUT2D eigenvalue weighted by atomic mass is 19.1. The molecule has 0 aliphatic carbocycles. The number of benzene rings is 1. The van der Waals surface area contributed by atoms with Crippen molar-refractivity contribution in [2.24, 2.45) is 5.73 Å². The molecule has 4 N–H and O–H groups in total. The summed E-state index contributed by atoms with van der Waals surface area (Å²) in [5.41, 5.74) is 5.63. The molecule has 0 atom stereocenters. The second-order valence-electron chi connectivity index (χ2n) is 4.51. The summed E-state index contributed by atoms with van der Waals surface area (Å²) in [7, 11) is 0. The zero-order chi connectivity index (χ0) is 12.9. The summed E-state index contributed by atoms with van der Waals surface area (Å²) in [5, 5.41) is 5.42. The second-order valence-corrected chi connectivity index (χ2v) is 4.51. The number of anilines is 1. The van der Waals surface area contributed by atoms with Crippen LogP contribution in [-0.2, 0) is 0 Å². The van der Waals surface area contributed by atoms with Crippen LogP contribution in [0.3, 0.4) is 0 Å². The molecule has 94 valence electrons. The molecule has 1 aromatic rings. The summed E-state index contributed by atoms with van der Waals surface area (Å²) < 4.78 is 12.7. The number of halogens is 1. The van der Waals surface area contributed by atoms with E-state index in [9.17, 15) is 9.18 Å². The highest BCUT2D eigenvalue weighted by Gasteiger charge is 2.19. The smallest absolute Gasteiger partial charge is 0.319 e. The van der Waals surface area contributed by atoms with Gasteiger partial charge in [-0.15, -0.1) is 0 Å². The zero-order valence-corrected chi connectivity index (χ0v) is 10.1. The van der Waals surface area contributed by atoms with Gasteiger partial charge in [0.25, 0.3) is 0 Å². The van der Waals surface area contributed by atoms with E-state index in [1.165, 1.54) is 24.3 Å². The van der Waals surface area contributed by atoms with Gasteiger partial charge in [0.2, 0.25) is 0 Å². The SMILES string of the molecule is CC(C)(CCN)NC(=O)Nc1ccc(F)cc1. The summed E-state index contributed by atoms with van der Waals surface area (Å²) in [4.78, 5) is 11.6. The Morgan fingerprint density at radius 1 is 1.35 bits per heavy atom. The molecule has 0 fully saturated rings. The largest absolute Gasteiger partial charge is 0.333 e. The molecule has 17 heavy (non-hydrogen) atoms. The minimum atomic E-state index is -0.362. The van der Waals surface area contributed by atoms with E-state index in [0.717, 1.165) is 0 Å². The molecule has 2 amide bonds. The van der Waals surface area contributed by atoms with Gasteiger partial charge >= 0.3 is 6.03 Å². The minimum absolute atomic E-state index is 0.324. The van der Waals surface area contributed by atoms with Crippen molar-refractivity contribution in [3.8, 4) is 0 Å². The van der Waals surface area contributed by atoms with Crippen molar-refractivity contribution in [1.29, 1.82) is 0 Å². The number of carbonyl (C=O) groups excluding carboxylic acids is 1. The van der Waals surface area contributed by atoms with Gasteiger partial charge in [0, 0.05) is 11.2 Å². The maximum atomic E-state index is 12.7. The van der Waals surface area contributed by atoms with E-state index in [1.807, 2.05) is 13.8 Å². The normalized spacial score (nSPS) is 11.1. The molecule has 0 saturated heterocycles. The van der Waals surface area contributed by atoms with Crippen molar-refractivity contribution in [3.05, 3.63) is 30.1 Å². The molecule has 0 bridgehead atoms. The number of nitrogens with one attached hydrogen (secondary N) is 2. The van der Waals surface area contributed by atoms with Crippen LogP contribution in [0.1, 0.15) is 20.3 Å². The first-order valence-electron chi connectivity index (χ1n) is 5.48. The van der Waals surface area contributed by atoms with Gasteiger partial charge in [-0.05, 0) is 51.1 Å². The lowest BCUT2D eigenvalue weighted by atomic mass is 10.0. The summed E-state index contributed by atoms with van der Waals surface area (Å²) in [6.45, 7) is 4.29. The quantitative estimate of drug-likeness (QED) is 0.753. The van der Waals surface area contributed by atoms with Crippen LogP contribution < -0.4 is 16.4 Å². The fraction of sp³-hybridized carbons (Fsp3) is 0.417. The summed E-state index contributed by atoms with van der Waals surface area (Å²) in [6, 6.07) is 5.27. The van der Waals surface area contributed by atoms with Crippen LogP contribution in [0.4, 0.5) is 14.9 Å². The van der Waals surface area contributed by atoms with Crippen LogP contribution >= 0.6 is 0 Å². The van der Waals surface area contributed by atoms with Crippen molar-refractivity contribution >= 4 is 11.7 Å². The first-order valence-corrected chi connectivity index (χ1v) is 5.48. The lowest BCUT2D eigenvalue weighted by Crippen LogP contribution is -2.46. The predicted molar refractivity (Wildman–Crippen MR) is 66.3 cm³/mol. The molecule has 1 aromatic carbocycles. The van der Waals surface area contributed by atoms with Crippen LogP contribution in [0.2, 0.25) is 0 Å². The van der Waals surface area contributed by atoms with Crippen LogP contribution in [-0.4, -0.2) is 18.1 Å². The first kappa shape index (κ1) is 13.4. The Balaban J connectivity index is 2.52. The Morgan fingerprint density at radius 2 is 1.94 bits per heavy atom. The Hall–Kier alpha value is -1.62. The van der Waals surface area contributed by atoms with E-state index in [4.69, 9.17) is 5.73 Å². The van der Waals surface area contributed by atoms with Crippen LogP contribution in [0.5, 0.6) is 0 Å². The molecule has 0 saturated carbocycles. The average Bonchev–Trinajstić information content (AvgIpc) is 2.20. The van der Waals surface area contributed by atoms with Crippen molar-refractivity contribution in [1.82, 2.24) is 5.32 Å². The zero-order valence-electron chi connectivity index (χ0n) is 10.1. The molecule has 0 spiro atoms. The number of nitrogens with two attached hydrogens (primary N) is 1. The van der Waals surface area contributed by atoms with Gasteiger partial charge in [-0.1, -0.05) is 0 Å². The van der Waals surface area contributed by atoms with Gasteiger partial charge in [0.05, 0.1) is 0 Å². The first-order chi connectivity index (χ1) is 7.93. The van der Waals surface area contributed by atoms with Gasteiger partial charge < -0.3 is 16.4 Å². The van der Waals surface area contributed by atoms with Gasteiger partial charge in [-0.25, -0.2) is 9.18 Å². The third kappa shape index (κ3) is 4.82. The van der Waals surface area contributed by atoms with E-state index in [1.54, 1.807) is 0 Å². The van der Waals surface area contributed by atoms with Crippen molar-refractivity contribution in [3.63, 3.8) is 0 Å². The summed E-state index contributed by atoms with van der Waals surface area (Å²) in [5.74, 6) is -0.334. The maximum absolute atomic E-state index is 12.7. The molecule has 1 rings (SSSR count). The van der Waals surface area contributed by atoms with E-state index in [0.29, 0.717) is 18.7 Å². The summed E-state index contributed by atoms with van der Waals surface area (Å²) in [6.07, 6.45) is 0.684. The molecule has 0 aromatic heterocycles. The number of hydrogen-bond acceptors (Lipinski definition) is 2. The third-order valence-electron chi connectivity index (χ3n) is 2.32. The highest BCUT2D eigenvalue weighted by Crippen LogP contribution is 2.10. The highest BCUT2D eigenvalue weighted by molar-refractivity contribution is 5.89. The van der Waals surface area contributed by atoms with E-state index in [2.05, 4.69) is 10.6 Å². The molecule has 0 heterocycles. The fourth-order valence-corrected chi connectivity index (χ4v) is 1.43. The Labute approximate surface area is 100 Å². The fourth-order valence-electron chi connectivity index (χ4n) is 1.43. The lowest BCUT2D eigenvalue weighted by molar-refractivity contribution is 0.240. The van der Waals surface area contributed by atoms with Crippen LogP contribution in [0, 0.1) is 5.82 Å². The maximum Gasteiger partial charge on any atom is 0.319 e. The van der Waals surface area contributed by atoms with E-state index in [-0.39, 0.29) is 17.4 Å². The van der Waals surface area contributed by atoms with Gasteiger partial charge in [0.15, 0.2) is 0 Å². The number of amides is 2. The van der Waals surface area contributed by atoms with Crippen molar-refractivity contribution < 1.29 is 9.18 Å². The minimum Gasteiger partial charge on any atom is -0.333 e. The molecule has 0 aliphatic rings. The van der Waals surface area contributed by atoms with Crippen LogP contribution in [0.15, 0.2) is 24.3 Å². The molecule has 0 radical (unpaired) electrons. The summed E-state index contributed by atoms with van der Waals surface area (Å²) >= 11 is 0. The van der Waals surface area contributed by atoms with Crippen LogP contribution in [0.25, 0.3) is 0 Å². The molecule has 4 nitrogen and oxygen atoms in total. The third-order valence-corrected chi connectivity index (χ3v) is 2.32. The molecule has 0 aliphatic heterocycles. The topological polar surface area (TPSA) is 67.1 Å². The van der Waals surface area contributed by atoms with Gasteiger partial charge in [-0.2, -0.15) is 0 Å². The Morgan fingerprint density at radius 3 is 2.47 bits per heavy atom. The lowest BCUT2D eigenvalue weighted by Gasteiger charge is -2.25. The van der Waals surface area contributed by atoms with Crippen molar-refractivity contribution in [2.45, 2.75) is 25.8 Å².